The fraction of sp³-hybridized carbons (Fsp3) is 0.235. The van der Waals surface area contributed by atoms with Crippen LogP contribution < -0.4 is 10.1 Å². The van der Waals surface area contributed by atoms with Crippen LogP contribution in [0.2, 0.25) is 0 Å². The number of fused-ring (bicyclic) bond motifs is 1. The number of methoxy groups -OCH3 is 1. The Bertz CT molecular complexity index is 749. The molecule has 0 saturated heterocycles. The van der Waals surface area contributed by atoms with Crippen molar-refractivity contribution in [3.63, 3.8) is 0 Å². The maximum atomic E-state index is 5.25. The van der Waals surface area contributed by atoms with E-state index in [-0.39, 0.29) is 0 Å². The minimum absolute atomic E-state index is 0.789. The van der Waals surface area contributed by atoms with E-state index in [4.69, 9.17) is 4.74 Å². The first kappa shape index (κ1) is 13.5. The van der Waals surface area contributed by atoms with Crippen LogP contribution in [-0.4, -0.2) is 16.9 Å². The van der Waals surface area contributed by atoms with Gasteiger partial charge in [0.2, 0.25) is 0 Å². The van der Waals surface area contributed by atoms with Crippen LogP contribution >= 0.6 is 0 Å². The van der Waals surface area contributed by atoms with Gasteiger partial charge in [0.15, 0.2) is 0 Å². The molecule has 1 aromatic heterocycles. The molecule has 0 aliphatic rings. The average molecular weight is 281 g/mol. The standard InChI is InChI=1S/C17H19N3O/c1-3-20-12-16(11-19-20)18-10-13-4-5-15-9-17(21-2)7-6-14(15)8-13/h4-9,11-12,18H,3,10H2,1-2H3. The van der Waals surface area contributed by atoms with Crippen molar-refractivity contribution in [1.82, 2.24) is 9.78 Å². The van der Waals surface area contributed by atoms with E-state index in [9.17, 15) is 0 Å². The molecule has 0 radical (unpaired) electrons. The number of aryl methyl sites for hydroxylation is 1. The Kier molecular flexibility index (Phi) is 3.77. The molecule has 0 atom stereocenters. The molecule has 3 rings (SSSR count). The van der Waals surface area contributed by atoms with Gasteiger partial charge in [-0.2, -0.15) is 5.10 Å². The van der Waals surface area contributed by atoms with Gasteiger partial charge in [0.05, 0.1) is 19.0 Å². The summed E-state index contributed by atoms with van der Waals surface area (Å²) in [6.45, 7) is 3.76. The highest BCUT2D eigenvalue weighted by molar-refractivity contribution is 5.84. The summed E-state index contributed by atoms with van der Waals surface area (Å²) >= 11 is 0. The van der Waals surface area contributed by atoms with Crippen molar-refractivity contribution in [2.24, 2.45) is 0 Å². The van der Waals surface area contributed by atoms with Gasteiger partial charge in [-0.3, -0.25) is 4.68 Å². The second-order valence-electron chi connectivity index (χ2n) is 4.99. The highest BCUT2D eigenvalue weighted by Gasteiger charge is 2.00. The van der Waals surface area contributed by atoms with Crippen LogP contribution in [0.3, 0.4) is 0 Å². The van der Waals surface area contributed by atoms with Gasteiger partial charge in [0, 0.05) is 19.3 Å². The van der Waals surface area contributed by atoms with Gasteiger partial charge in [-0.15, -0.1) is 0 Å². The number of aromatic nitrogens is 2. The van der Waals surface area contributed by atoms with E-state index in [1.807, 2.05) is 23.1 Å². The molecule has 21 heavy (non-hydrogen) atoms. The Balaban J connectivity index is 1.75. The molecular formula is C17H19N3O. The molecular weight excluding hydrogens is 262 g/mol. The molecule has 0 aliphatic heterocycles. The normalized spacial score (nSPS) is 10.8. The van der Waals surface area contributed by atoms with E-state index in [0.717, 1.165) is 24.5 Å². The van der Waals surface area contributed by atoms with E-state index < -0.39 is 0 Å². The molecule has 3 aromatic rings. The number of ether oxygens (including phenoxy) is 1. The topological polar surface area (TPSA) is 39.1 Å². The fourth-order valence-corrected chi connectivity index (χ4v) is 2.34. The van der Waals surface area contributed by atoms with Crippen LogP contribution in [0.5, 0.6) is 5.75 Å². The predicted molar refractivity (Wildman–Crippen MR) is 85.7 cm³/mol. The number of anilines is 1. The Morgan fingerprint density at radius 3 is 2.71 bits per heavy atom. The lowest BCUT2D eigenvalue weighted by molar-refractivity contribution is 0.415. The summed E-state index contributed by atoms with van der Waals surface area (Å²) in [6.07, 6.45) is 3.88. The van der Waals surface area contributed by atoms with E-state index in [1.165, 1.54) is 16.3 Å². The molecule has 0 saturated carbocycles. The Labute approximate surface area is 124 Å². The highest BCUT2D eigenvalue weighted by atomic mass is 16.5. The van der Waals surface area contributed by atoms with Crippen molar-refractivity contribution in [2.45, 2.75) is 20.0 Å². The molecule has 0 bridgehead atoms. The number of benzene rings is 2. The fourth-order valence-electron chi connectivity index (χ4n) is 2.34. The summed E-state index contributed by atoms with van der Waals surface area (Å²) in [5.41, 5.74) is 2.29. The number of hydrogen-bond acceptors (Lipinski definition) is 3. The maximum absolute atomic E-state index is 5.25. The smallest absolute Gasteiger partial charge is 0.119 e. The zero-order valence-corrected chi connectivity index (χ0v) is 12.3. The van der Waals surface area contributed by atoms with Crippen molar-refractivity contribution in [2.75, 3.05) is 12.4 Å². The van der Waals surface area contributed by atoms with Crippen molar-refractivity contribution in [1.29, 1.82) is 0 Å². The van der Waals surface area contributed by atoms with Crippen LogP contribution in [0.4, 0.5) is 5.69 Å². The number of rotatable bonds is 5. The molecule has 108 valence electrons. The maximum Gasteiger partial charge on any atom is 0.119 e. The Hall–Kier alpha value is -2.49. The number of nitrogens with zero attached hydrogens (tertiary/aromatic N) is 2. The van der Waals surface area contributed by atoms with Crippen LogP contribution in [-0.2, 0) is 13.1 Å². The van der Waals surface area contributed by atoms with Crippen molar-refractivity contribution in [3.8, 4) is 5.75 Å². The molecule has 0 spiro atoms. The summed E-state index contributed by atoms with van der Waals surface area (Å²) in [4.78, 5) is 0. The second-order valence-corrected chi connectivity index (χ2v) is 4.99. The van der Waals surface area contributed by atoms with Crippen LogP contribution in [0, 0.1) is 0 Å². The summed E-state index contributed by atoms with van der Waals surface area (Å²) in [7, 11) is 1.69. The summed E-state index contributed by atoms with van der Waals surface area (Å²) < 4.78 is 7.16. The van der Waals surface area contributed by atoms with E-state index in [0.29, 0.717) is 0 Å². The Morgan fingerprint density at radius 1 is 1.14 bits per heavy atom. The van der Waals surface area contributed by atoms with Crippen LogP contribution in [0.15, 0.2) is 48.8 Å². The average Bonchev–Trinajstić information content (AvgIpc) is 3.00. The summed E-state index contributed by atoms with van der Waals surface area (Å²) in [6, 6.07) is 12.6. The second kappa shape index (κ2) is 5.87. The lowest BCUT2D eigenvalue weighted by Gasteiger charge is -2.07. The SMILES string of the molecule is CCn1cc(NCc2ccc3cc(OC)ccc3c2)cn1. The molecule has 2 aromatic carbocycles. The van der Waals surface area contributed by atoms with Gasteiger partial charge >= 0.3 is 0 Å². The van der Waals surface area contributed by atoms with Gasteiger partial charge in [-0.05, 0) is 41.5 Å². The first-order valence-corrected chi connectivity index (χ1v) is 7.11. The summed E-state index contributed by atoms with van der Waals surface area (Å²) in [5, 5.41) is 10.1. The molecule has 1 heterocycles. The molecule has 0 aliphatic carbocycles. The monoisotopic (exact) mass is 281 g/mol. The van der Waals surface area contributed by atoms with Gasteiger partial charge < -0.3 is 10.1 Å². The van der Waals surface area contributed by atoms with Gasteiger partial charge in [-0.25, -0.2) is 0 Å². The minimum Gasteiger partial charge on any atom is -0.497 e. The predicted octanol–water partition coefficient (Wildman–Crippen LogP) is 3.68. The third-order valence-corrected chi connectivity index (χ3v) is 3.57. The van der Waals surface area contributed by atoms with Crippen molar-refractivity contribution >= 4 is 16.5 Å². The van der Waals surface area contributed by atoms with Crippen molar-refractivity contribution in [3.05, 3.63) is 54.4 Å². The van der Waals surface area contributed by atoms with Gasteiger partial charge in [-0.1, -0.05) is 18.2 Å². The third kappa shape index (κ3) is 2.99. The number of nitrogens with one attached hydrogen (secondary N) is 1. The first-order chi connectivity index (χ1) is 10.3. The Morgan fingerprint density at radius 2 is 1.95 bits per heavy atom. The third-order valence-electron chi connectivity index (χ3n) is 3.57. The largest absolute Gasteiger partial charge is 0.497 e. The lowest BCUT2D eigenvalue weighted by Crippen LogP contribution is -1.98. The number of hydrogen-bond donors (Lipinski definition) is 1. The molecule has 0 unspecified atom stereocenters. The van der Waals surface area contributed by atoms with Gasteiger partial charge in [0.25, 0.3) is 0 Å². The molecule has 0 amide bonds. The molecule has 0 fully saturated rings. The van der Waals surface area contributed by atoms with Crippen LogP contribution in [0.25, 0.3) is 10.8 Å². The summed E-state index contributed by atoms with van der Waals surface area (Å²) in [5.74, 6) is 0.889. The van der Waals surface area contributed by atoms with E-state index in [2.05, 4.69) is 47.7 Å². The lowest BCUT2D eigenvalue weighted by atomic mass is 10.1. The first-order valence-electron chi connectivity index (χ1n) is 7.11. The van der Waals surface area contributed by atoms with E-state index >= 15 is 0 Å². The minimum atomic E-state index is 0.789. The van der Waals surface area contributed by atoms with Crippen LogP contribution in [0.1, 0.15) is 12.5 Å². The molecule has 4 nitrogen and oxygen atoms in total. The molecule has 4 heteroatoms. The van der Waals surface area contributed by atoms with Gasteiger partial charge in [0.1, 0.15) is 5.75 Å². The molecule has 1 N–H and O–H groups in total. The highest BCUT2D eigenvalue weighted by Crippen LogP contribution is 2.22. The quantitative estimate of drug-likeness (QED) is 0.775. The van der Waals surface area contributed by atoms with Crippen molar-refractivity contribution < 1.29 is 4.74 Å². The van der Waals surface area contributed by atoms with E-state index in [1.54, 1.807) is 7.11 Å². The zero-order chi connectivity index (χ0) is 14.7. The zero-order valence-electron chi connectivity index (χ0n) is 12.3.